The molecule has 2 aromatic carbocycles. The second-order valence-corrected chi connectivity index (χ2v) is 13.3. The molecule has 6 nitrogen and oxygen atoms in total. The standard InChI is InChI=1S/C23H34N2O2.C8H6ClNO/c1-21(2)13-22(3,4)20(21)24-19(27)16-5-7-17(8-6-16)25-14-23(15-25)11-9-18(26)10-12-23;1-5-7(11)3-2-6(4-10)8(5)9/h5-8,18,20,26H,9-15H2,1-4H3,(H,24,27);2-3,11H,1H3. The summed E-state index contributed by atoms with van der Waals surface area (Å²) in [7, 11) is 0. The molecule has 2 aliphatic carbocycles. The third kappa shape index (κ3) is 5.65. The lowest BCUT2D eigenvalue weighted by molar-refractivity contribution is -0.0366. The third-order valence-corrected chi connectivity index (χ3v) is 9.28. The lowest BCUT2D eigenvalue weighted by atomic mass is 9.52. The average Bonchev–Trinajstić information content (AvgIpc) is 2.85. The van der Waals surface area contributed by atoms with Gasteiger partial charge in [0.2, 0.25) is 0 Å². The van der Waals surface area contributed by atoms with E-state index >= 15 is 0 Å². The normalized spacial score (nSPS) is 21.4. The third-order valence-electron chi connectivity index (χ3n) is 8.79. The number of halogens is 1. The number of nitrogens with one attached hydrogen (secondary N) is 1. The minimum absolute atomic E-state index is 0.0359. The van der Waals surface area contributed by atoms with Gasteiger partial charge in [-0.15, -0.1) is 0 Å². The summed E-state index contributed by atoms with van der Waals surface area (Å²) >= 11 is 5.72. The molecule has 0 radical (unpaired) electrons. The highest BCUT2D eigenvalue weighted by Crippen LogP contribution is 2.53. The van der Waals surface area contributed by atoms with Gasteiger partial charge in [-0.25, -0.2) is 0 Å². The van der Waals surface area contributed by atoms with Gasteiger partial charge in [0.1, 0.15) is 11.8 Å². The lowest BCUT2D eigenvalue weighted by Gasteiger charge is -2.57. The SMILES string of the molecule is CC1(C)CC(C)(C)C1NC(=O)c1ccc(N2CC3(CCC(O)CC3)C2)cc1.Cc1c(O)ccc(C#N)c1Cl. The number of carbonyl (C=O) groups is 1. The van der Waals surface area contributed by atoms with Crippen LogP contribution in [-0.2, 0) is 0 Å². The summed E-state index contributed by atoms with van der Waals surface area (Å²) in [6.45, 7) is 12.8. The number of amides is 1. The van der Waals surface area contributed by atoms with E-state index in [1.807, 2.05) is 18.2 Å². The van der Waals surface area contributed by atoms with Gasteiger partial charge >= 0.3 is 0 Å². The van der Waals surface area contributed by atoms with Crippen molar-refractivity contribution in [3.8, 4) is 11.8 Å². The van der Waals surface area contributed by atoms with Gasteiger partial charge in [0.05, 0.1) is 16.7 Å². The maximum Gasteiger partial charge on any atom is 0.251 e. The van der Waals surface area contributed by atoms with Crippen molar-refractivity contribution in [3.05, 3.63) is 58.1 Å². The first-order valence-corrected chi connectivity index (χ1v) is 13.9. The summed E-state index contributed by atoms with van der Waals surface area (Å²) in [4.78, 5) is 15.1. The highest BCUT2D eigenvalue weighted by atomic mass is 35.5. The number of benzene rings is 2. The zero-order valence-corrected chi connectivity index (χ0v) is 23.9. The van der Waals surface area contributed by atoms with Crippen molar-refractivity contribution in [3.63, 3.8) is 0 Å². The number of aliphatic hydroxyl groups excluding tert-OH is 1. The van der Waals surface area contributed by atoms with E-state index in [0.29, 0.717) is 21.6 Å². The Kier molecular flexibility index (Phi) is 7.76. The number of nitrogens with zero attached hydrogens (tertiary/aromatic N) is 2. The predicted molar refractivity (Wildman–Crippen MR) is 152 cm³/mol. The molecule has 38 heavy (non-hydrogen) atoms. The highest BCUT2D eigenvalue weighted by molar-refractivity contribution is 6.32. The Morgan fingerprint density at radius 2 is 1.63 bits per heavy atom. The summed E-state index contributed by atoms with van der Waals surface area (Å²) < 4.78 is 0. The Morgan fingerprint density at radius 3 is 2.16 bits per heavy atom. The minimum Gasteiger partial charge on any atom is -0.508 e. The number of nitriles is 1. The quantitative estimate of drug-likeness (QED) is 0.432. The summed E-state index contributed by atoms with van der Waals surface area (Å²) in [5.74, 6) is 0.155. The van der Waals surface area contributed by atoms with Gasteiger partial charge < -0.3 is 20.4 Å². The molecule has 1 heterocycles. The fourth-order valence-electron chi connectivity index (χ4n) is 6.97. The van der Waals surface area contributed by atoms with E-state index in [2.05, 4.69) is 50.0 Å². The van der Waals surface area contributed by atoms with Crippen LogP contribution in [0, 0.1) is 34.5 Å². The van der Waals surface area contributed by atoms with Crippen LogP contribution in [0.1, 0.15) is 81.3 Å². The molecular formula is C31H40ClN3O3. The Morgan fingerprint density at radius 1 is 1.05 bits per heavy atom. The topological polar surface area (TPSA) is 96.6 Å². The number of phenolic OH excluding ortho intramolecular Hbond substituents is 1. The van der Waals surface area contributed by atoms with Gasteiger partial charge in [-0.3, -0.25) is 4.79 Å². The van der Waals surface area contributed by atoms with E-state index in [0.717, 1.165) is 50.8 Å². The van der Waals surface area contributed by atoms with E-state index in [4.69, 9.17) is 22.0 Å². The Bertz CT molecular complexity index is 1200. The first-order valence-electron chi connectivity index (χ1n) is 13.5. The zero-order chi connectivity index (χ0) is 27.9. The van der Waals surface area contributed by atoms with E-state index < -0.39 is 0 Å². The van der Waals surface area contributed by atoms with E-state index in [1.165, 1.54) is 17.8 Å². The smallest absolute Gasteiger partial charge is 0.251 e. The second-order valence-electron chi connectivity index (χ2n) is 12.9. The van der Waals surface area contributed by atoms with Crippen LogP contribution in [0.15, 0.2) is 36.4 Å². The number of aromatic hydroxyl groups is 1. The molecule has 204 valence electrons. The molecule has 5 rings (SSSR count). The number of carbonyl (C=O) groups excluding carboxylic acids is 1. The van der Waals surface area contributed by atoms with Crippen LogP contribution in [0.2, 0.25) is 5.02 Å². The van der Waals surface area contributed by atoms with Crippen molar-refractivity contribution in [2.45, 2.75) is 78.9 Å². The van der Waals surface area contributed by atoms with Crippen molar-refractivity contribution in [2.75, 3.05) is 18.0 Å². The molecule has 7 heteroatoms. The molecule has 0 atom stereocenters. The molecule has 0 unspecified atom stereocenters. The minimum atomic E-state index is -0.0897. The molecule has 1 amide bonds. The molecule has 2 aromatic rings. The monoisotopic (exact) mass is 537 g/mol. The summed E-state index contributed by atoms with van der Waals surface area (Å²) in [5, 5.41) is 31.0. The molecular weight excluding hydrogens is 498 g/mol. The maximum absolute atomic E-state index is 12.7. The molecule has 1 saturated heterocycles. The van der Waals surface area contributed by atoms with E-state index in [9.17, 15) is 9.90 Å². The largest absolute Gasteiger partial charge is 0.508 e. The zero-order valence-electron chi connectivity index (χ0n) is 23.1. The van der Waals surface area contributed by atoms with Crippen LogP contribution in [-0.4, -0.2) is 41.4 Å². The first-order chi connectivity index (χ1) is 17.8. The molecule has 0 bridgehead atoms. The number of hydrogen-bond donors (Lipinski definition) is 3. The second kappa shape index (κ2) is 10.4. The van der Waals surface area contributed by atoms with Crippen LogP contribution in [0.5, 0.6) is 5.75 Å². The van der Waals surface area contributed by atoms with Crippen molar-refractivity contribution >= 4 is 23.2 Å². The van der Waals surface area contributed by atoms with Gasteiger partial charge in [-0.2, -0.15) is 5.26 Å². The number of rotatable bonds is 3. The summed E-state index contributed by atoms with van der Waals surface area (Å²) in [6, 6.07) is 13.2. The molecule has 3 aliphatic rings. The molecule has 1 spiro atoms. The van der Waals surface area contributed by atoms with Gasteiger partial charge in [0, 0.05) is 41.4 Å². The number of aliphatic hydroxyl groups is 1. The van der Waals surface area contributed by atoms with Gasteiger partial charge in [0.25, 0.3) is 5.91 Å². The van der Waals surface area contributed by atoms with Crippen LogP contribution in [0.4, 0.5) is 5.69 Å². The van der Waals surface area contributed by atoms with Crippen LogP contribution >= 0.6 is 11.6 Å². The van der Waals surface area contributed by atoms with E-state index in [1.54, 1.807) is 6.92 Å². The van der Waals surface area contributed by atoms with Crippen LogP contribution in [0.25, 0.3) is 0 Å². The average molecular weight is 538 g/mol. The maximum atomic E-state index is 12.7. The fraction of sp³-hybridized carbons (Fsp3) is 0.548. The fourth-order valence-corrected chi connectivity index (χ4v) is 7.17. The Hall–Kier alpha value is -2.75. The van der Waals surface area contributed by atoms with Crippen molar-refractivity contribution < 1.29 is 15.0 Å². The predicted octanol–water partition coefficient (Wildman–Crippen LogP) is 6.21. The van der Waals surface area contributed by atoms with Gasteiger partial charge in [-0.1, -0.05) is 39.3 Å². The number of phenols is 1. The highest BCUT2D eigenvalue weighted by Gasteiger charge is 2.53. The van der Waals surface area contributed by atoms with Crippen LogP contribution in [0.3, 0.4) is 0 Å². The van der Waals surface area contributed by atoms with E-state index in [-0.39, 0.29) is 34.6 Å². The van der Waals surface area contributed by atoms with Gasteiger partial charge in [-0.05, 0) is 86.3 Å². The Balaban J connectivity index is 0.000000257. The molecule has 3 N–H and O–H groups in total. The summed E-state index contributed by atoms with van der Waals surface area (Å²) in [6.07, 6.45) is 5.21. The molecule has 1 aliphatic heterocycles. The van der Waals surface area contributed by atoms with Gasteiger partial charge in [0.15, 0.2) is 0 Å². The van der Waals surface area contributed by atoms with Crippen LogP contribution < -0.4 is 10.2 Å². The number of anilines is 1. The molecule has 0 aromatic heterocycles. The number of hydrogen-bond acceptors (Lipinski definition) is 5. The van der Waals surface area contributed by atoms with Crippen molar-refractivity contribution in [1.29, 1.82) is 5.26 Å². The van der Waals surface area contributed by atoms with Crippen molar-refractivity contribution in [1.82, 2.24) is 5.32 Å². The first kappa shape index (κ1) is 28.3. The van der Waals surface area contributed by atoms with Crippen molar-refractivity contribution in [2.24, 2.45) is 16.2 Å². The summed E-state index contributed by atoms with van der Waals surface area (Å²) in [5.41, 5.74) is 3.63. The molecule has 2 saturated carbocycles. The molecule has 3 fully saturated rings. The Labute approximate surface area is 231 Å². The lowest BCUT2D eigenvalue weighted by Crippen LogP contribution is -2.63.